The first kappa shape index (κ1) is 15.7. The highest BCUT2D eigenvalue weighted by atomic mass is 16.5. The average molecular weight is 314 g/mol. The van der Waals surface area contributed by atoms with Gasteiger partial charge in [0.1, 0.15) is 5.82 Å². The predicted octanol–water partition coefficient (Wildman–Crippen LogP) is 1.78. The van der Waals surface area contributed by atoms with Crippen LogP contribution in [0.15, 0.2) is 30.3 Å². The van der Waals surface area contributed by atoms with Crippen LogP contribution in [-0.4, -0.2) is 38.7 Å². The van der Waals surface area contributed by atoms with E-state index >= 15 is 0 Å². The summed E-state index contributed by atoms with van der Waals surface area (Å²) >= 11 is 0. The van der Waals surface area contributed by atoms with Crippen molar-refractivity contribution in [3.8, 4) is 0 Å². The zero-order valence-corrected chi connectivity index (χ0v) is 13.6. The summed E-state index contributed by atoms with van der Waals surface area (Å²) in [6.07, 6.45) is 0. The molecule has 6 heteroatoms. The maximum Gasteiger partial charge on any atom is 0.228 e. The highest BCUT2D eigenvalue weighted by Gasteiger charge is 2.26. The molecule has 1 aromatic carbocycles. The Labute approximate surface area is 136 Å². The summed E-state index contributed by atoms with van der Waals surface area (Å²) in [5, 5.41) is 8.21. The highest BCUT2D eigenvalue weighted by Crippen LogP contribution is 2.15. The third kappa shape index (κ3) is 3.59. The van der Waals surface area contributed by atoms with E-state index in [1.54, 1.807) is 0 Å². The fraction of sp³-hybridized carbons (Fsp3) is 0.471. The lowest BCUT2D eigenvalue weighted by Crippen LogP contribution is -2.42. The van der Waals surface area contributed by atoms with Crippen LogP contribution in [0.2, 0.25) is 0 Å². The van der Waals surface area contributed by atoms with Gasteiger partial charge >= 0.3 is 0 Å². The molecule has 0 radical (unpaired) electrons. The number of rotatable bonds is 5. The van der Waals surface area contributed by atoms with E-state index in [4.69, 9.17) is 4.74 Å². The Morgan fingerprint density at radius 1 is 1.26 bits per heavy atom. The van der Waals surface area contributed by atoms with Gasteiger partial charge in [-0.05, 0) is 12.5 Å². The molecule has 122 valence electrons. The fourth-order valence-corrected chi connectivity index (χ4v) is 2.80. The van der Waals surface area contributed by atoms with Gasteiger partial charge in [0, 0.05) is 13.1 Å². The van der Waals surface area contributed by atoms with Gasteiger partial charge in [0.15, 0.2) is 5.82 Å². The lowest BCUT2D eigenvalue weighted by atomic mass is 10.1. The van der Waals surface area contributed by atoms with Gasteiger partial charge in [-0.15, -0.1) is 10.2 Å². The van der Waals surface area contributed by atoms with Crippen LogP contribution in [0.5, 0.6) is 0 Å². The van der Waals surface area contributed by atoms with Gasteiger partial charge in [-0.1, -0.05) is 37.3 Å². The van der Waals surface area contributed by atoms with Crippen LogP contribution >= 0.6 is 0 Å². The fourth-order valence-electron chi connectivity index (χ4n) is 2.80. The van der Waals surface area contributed by atoms with Crippen LogP contribution in [0.25, 0.3) is 0 Å². The third-order valence-electron chi connectivity index (χ3n) is 4.15. The summed E-state index contributed by atoms with van der Waals surface area (Å²) in [6.45, 7) is 6.81. The van der Waals surface area contributed by atoms with Gasteiger partial charge in [-0.3, -0.25) is 4.79 Å². The number of hydrogen-bond acceptors (Lipinski definition) is 4. The van der Waals surface area contributed by atoms with Crippen LogP contribution in [0.1, 0.15) is 24.1 Å². The lowest BCUT2D eigenvalue weighted by Gasteiger charge is -2.29. The minimum Gasteiger partial charge on any atom is -0.376 e. The van der Waals surface area contributed by atoms with Crippen LogP contribution < -0.4 is 0 Å². The second-order valence-corrected chi connectivity index (χ2v) is 5.98. The van der Waals surface area contributed by atoms with Crippen molar-refractivity contribution in [3.63, 3.8) is 0 Å². The average Bonchev–Trinajstić information content (AvgIpc) is 2.95. The van der Waals surface area contributed by atoms with Crippen molar-refractivity contribution in [2.45, 2.75) is 33.5 Å². The van der Waals surface area contributed by atoms with E-state index in [0.717, 1.165) is 23.8 Å². The zero-order valence-electron chi connectivity index (χ0n) is 13.6. The smallest absolute Gasteiger partial charge is 0.228 e. The number of carbonyl (C=O) groups excluding carboxylic acids is 1. The molecule has 1 unspecified atom stereocenters. The Morgan fingerprint density at radius 2 is 2.04 bits per heavy atom. The van der Waals surface area contributed by atoms with Crippen LogP contribution in [0.4, 0.5) is 0 Å². The second kappa shape index (κ2) is 6.91. The van der Waals surface area contributed by atoms with Crippen LogP contribution in [0, 0.1) is 12.8 Å². The number of fused-ring (bicyclic) bond motifs is 1. The molecule has 0 N–H and O–H groups in total. The standard InChI is InChI=1S/C17H22N4O2/c1-13(11-23-12-15-6-4-3-5-7-15)17(22)20-8-9-21-14(2)18-19-16(21)10-20/h3-7,13H,8-12H2,1-2H3. The van der Waals surface area contributed by atoms with Gasteiger partial charge < -0.3 is 14.2 Å². The molecule has 1 aliphatic heterocycles. The molecule has 2 aromatic rings. The third-order valence-corrected chi connectivity index (χ3v) is 4.15. The molecule has 1 aromatic heterocycles. The molecule has 23 heavy (non-hydrogen) atoms. The molecule has 0 aliphatic carbocycles. The summed E-state index contributed by atoms with van der Waals surface area (Å²) in [6, 6.07) is 9.99. The van der Waals surface area contributed by atoms with E-state index in [0.29, 0.717) is 26.3 Å². The summed E-state index contributed by atoms with van der Waals surface area (Å²) < 4.78 is 7.76. The molecule has 1 aliphatic rings. The summed E-state index contributed by atoms with van der Waals surface area (Å²) in [7, 11) is 0. The van der Waals surface area contributed by atoms with Gasteiger partial charge in [0.25, 0.3) is 0 Å². The first-order valence-corrected chi connectivity index (χ1v) is 7.94. The first-order valence-electron chi connectivity index (χ1n) is 7.94. The predicted molar refractivity (Wildman–Crippen MR) is 85.4 cm³/mol. The van der Waals surface area contributed by atoms with Crippen LogP contribution in [-0.2, 0) is 29.2 Å². The molecule has 0 fully saturated rings. The molecule has 2 heterocycles. The van der Waals surface area contributed by atoms with Gasteiger partial charge in [-0.2, -0.15) is 0 Å². The van der Waals surface area contributed by atoms with E-state index in [1.165, 1.54) is 0 Å². The molecule has 6 nitrogen and oxygen atoms in total. The molecule has 3 rings (SSSR count). The number of aromatic nitrogens is 3. The van der Waals surface area contributed by atoms with Crippen molar-refractivity contribution < 1.29 is 9.53 Å². The van der Waals surface area contributed by atoms with E-state index in [1.807, 2.05) is 49.1 Å². The van der Waals surface area contributed by atoms with Gasteiger partial charge in [0.05, 0.1) is 25.7 Å². The summed E-state index contributed by atoms with van der Waals surface area (Å²) in [5.74, 6) is 1.73. The van der Waals surface area contributed by atoms with Crippen molar-refractivity contribution in [2.24, 2.45) is 5.92 Å². The normalized spacial score (nSPS) is 15.3. The number of amides is 1. The molecule has 0 saturated heterocycles. The van der Waals surface area contributed by atoms with E-state index in [9.17, 15) is 4.79 Å². The molecule has 0 bridgehead atoms. The molecule has 1 amide bonds. The van der Waals surface area contributed by atoms with Crippen molar-refractivity contribution in [1.82, 2.24) is 19.7 Å². The molecular formula is C17H22N4O2. The van der Waals surface area contributed by atoms with Gasteiger partial charge in [0.2, 0.25) is 5.91 Å². The van der Waals surface area contributed by atoms with Crippen molar-refractivity contribution in [2.75, 3.05) is 13.2 Å². The number of benzene rings is 1. The summed E-state index contributed by atoms with van der Waals surface area (Å²) in [4.78, 5) is 14.4. The van der Waals surface area contributed by atoms with Gasteiger partial charge in [-0.25, -0.2) is 0 Å². The Bertz CT molecular complexity index is 668. The number of hydrogen-bond donors (Lipinski definition) is 0. The highest BCUT2D eigenvalue weighted by molar-refractivity contribution is 5.78. The van der Waals surface area contributed by atoms with E-state index in [2.05, 4.69) is 14.8 Å². The van der Waals surface area contributed by atoms with E-state index < -0.39 is 0 Å². The number of ether oxygens (including phenoxy) is 1. The van der Waals surface area contributed by atoms with Crippen molar-refractivity contribution in [3.05, 3.63) is 47.5 Å². The Hall–Kier alpha value is -2.21. The largest absolute Gasteiger partial charge is 0.376 e. The molecular weight excluding hydrogens is 292 g/mol. The zero-order chi connectivity index (χ0) is 16.2. The Kier molecular flexibility index (Phi) is 4.71. The van der Waals surface area contributed by atoms with Crippen molar-refractivity contribution >= 4 is 5.91 Å². The number of carbonyl (C=O) groups is 1. The second-order valence-electron chi connectivity index (χ2n) is 5.98. The topological polar surface area (TPSA) is 60.2 Å². The van der Waals surface area contributed by atoms with E-state index in [-0.39, 0.29) is 11.8 Å². The maximum absolute atomic E-state index is 12.5. The summed E-state index contributed by atoms with van der Waals surface area (Å²) in [5.41, 5.74) is 1.12. The number of aryl methyl sites for hydroxylation is 1. The maximum atomic E-state index is 12.5. The quantitative estimate of drug-likeness (QED) is 0.844. The SMILES string of the molecule is Cc1nnc2n1CCN(C(=O)C(C)COCc1ccccc1)C2. The number of nitrogens with zero attached hydrogens (tertiary/aromatic N) is 4. The molecule has 0 spiro atoms. The molecule has 0 saturated carbocycles. The molecule has 1 atom stereocenters. The Morgan fingerprint density at radius 3 is 2.83 bits per heavy atom. The monoisotopic (exact) mass is 314 g/mol. The minimum atomic E-state index is -0.158. The first-order chi connectivity index (χ1) is 11.1. The van der Waals surface area contributed by atoms with Crippen molar-refractivity contribution in [1.29, 1.82) is 0 Å². The Balaban J connectivity index is 1.50. The van der Waals surface area contributed by atoms with Crippen LogP contribution in [0.3, 0.4) is 0 Å². The lowest BCUT2D eigenvalue weighted by molar-refractivity contribution is -0.138. The minimum absolute atomic E-state index is 0.116.